The molecule has 2 atom stereocenters. The van der Waals surface area contributed by atoms with Gasteiger partial charge >= 0.3 is 12.5 Å². The second-order valence-corrected chi connectivity index (χ2v) is 8.73. The minimum absolute atomic E-state index is 0.206. The predicted octanol–water partition coefficient (Wildman–Crippen LogP) is 3.92. The summed E-state index contributed by atoms with van der Waals surface area (Å²) in [5, 5.41) is 5.82. The molecular weight excluding hydrogens is 455 g/mol. The molecule has 0 spiro atoms. The van der Waals surface area contributed by atoms with Crippen molar-refractivity contribution >= 4 is 17.7 Å². The molecule has 1 heterocycles. The van der Waals surface area contributed by atoms with E-state index in [0.29, 0.717) is 50.8 Å². The van der Waals surface area contributed by atoms with Crippen LogP contribution >= 0.6 is 0 Å². The van der Waals surface area contributed by atoms with Gasteiger partial charge in [-0.25, -0.2) is 4.79 Å². The van der Waals surface area contributed by atoms with Crippen LogP contribution in [0.3, 0.4) is 0 Å². The lowest BCUT2D eigenvalue weighted by molar-refractivity contribution is -0.274. The molecular formula is C23H32F3N3O5. The van der Waals surface area contributed by atoms with Gasteiger partial charge in [0.1, 0.15) is 17.9 Å². The van der Waals surface area contributed by atoms with E-state index < -0.39 is 18.5 Å². The van der Waals surface area contributed by atoms with E-state index in [9.17, 15) is 22.8 Å². The summed E-state index contributed by atoms with van der Waals surface area (Å²) in [6.07, 6.45) is -0.108. The number of carbonyl (C=O) groups excluding carboxylic acids is 2. The number of ether oxygens (including phenoxy) is 3. The number of amides is 2. The number of hydrogen-bond acceptors (Lipinski definition) is 6. The normalized spacial score (nSPS) is 19.5. The number of hydrogen-bond donors (Lipinski definition) is 2. The van der Waals surface area contributed by atoms with Gasteiger partial charge in [0.15, 0.2) is 0 Å². The van der Waals surface area contributed by atoms with Gasteiger partial charge in [-0.05, 0) is 36.6 Å². The molecule has 1 aromatic carbocycles. The fourth-order valence-corrected chi connectivity index (χ4v) is 4.25. The van der Waals surface area contributed by atoms with Crippen molar-refractivity contribution in [2.45, 2.75) is 57.0 Å². The van der Waals surface area contributed by atoms with E-state index >= 15 is 0 Å². The summed E-state index contributed by atoms with van der Waals surface area (Å²) in [6.45, 7) is 1.63. The summed E-state index contributed by atoms with van der Waals surface area (Å²) in [5.41, 5.74) is 0.596. The zero-order valence-corrected chi connectivity index (χ0v) is 19.2. The van der Waals surface area contributed by atoms with Crippen LogP contribution < -0.4 is 15.4 Å². The predicted molar refractivity (Wildman–Crippen MR) is 118 cm³/mol. The van der Waals surface area contributed by atoms with Crippen LogP contribution in [0.4, 0.5) is 23.7 Å². The van der Waals surface area contributed by atoms with Gasteiger partial charge in [-0.3, -0.25) is 4.79 Å². The van der Waals surface area contributed by atoms with E-state index in [1.807, 2.05) is 0 Å². The molecule has 2 fully saturated rings. The number of rotatable bonds is 10. The molecule has 2 amide bonds. The number of nitrogens with zero attached hydrogens (tertiary/aromatic N) is 1. The lowest BCUT2D eigenvalue weighted by Gasteiger charge is -2.27. The molecule has 1 aliphatic carbocycles. The Morgan fingerprint density at radius 1 is 1.18 bits per heavy atom. The maximum absolute atomic E-state index is 13.1. The molecule has 34 heavy (non-hydrogen) atoms. The van der Waals surface area contributed by atoms with E-state index in [1.54, 1.807) is 7.05 Å². The Balaban J connectivity index is 1.49. The third-order valence-electron chi connectivity index (χ3n) is 6.04. The minimum atomic E-state index is -4.74. The first-order valence-corrected chi connectivity index (χ1v) is 11.6. The maximum atomic E-state index is 13.1. The van der Waals surface area contributed by atoms with Crippen molar-refractivity contribution < 1.29 is 37.0 Å². The number of likely N-dealkylation sites (N-methyl/N-ethyl adjacent to an activating group) is 1. The van der Waals surface area contributed by atoms with Crippen LogP contribution in [0, 0.1) is 5.92 Å². The third kappa shape index (κ3) is 8.58. The molecule has 0 bridgehead atoms. The Bertz CT molecular complexity index is 794. The van der Waals surface area contributed by atoms with Crippen LogP contribution in [0.5, 0.6) is 5.75 Å². The molecule has 11 heteroatoms. The van der Waals surface area contributed by atoms with Crippen molar-refractivity contribution in [2.75, 3.05) is 38.7 Å². The third-order valence-corrected chi connectivity index (χ3v) is 6.04. The molecule has 1 saturated heterocycles. The Hall–Kier alpha value is -2.69. The van der Waals surface area contributed by atoms with E-state index in [-0.39, 0.29) is 17.8 Å². The Labute approximate surface area is 197 Å². The number of benzene rings is 1. The van der Waals surface area contributed by atoms with Crippen LogP contribution in [-0.2, 0) is 14.3 Å². The standard InChI is InChI=1S/C23H32F3N3O5/c1-29(12-11-27-17-6-8-18(9-7-17)34-23(24,25)26)21(30)20(14-16-4-2-3-5-16)28-22(31)33-19-10-13-32-15-19/h6-9,16,19-20,27H,2-5,10-15H2,1H3,(H,28,31)/t19-,20-/m0/s1. The van der Waals surface area contributed by atoms with Gasteiger partial charge in [0.25, 0.3) is 0 Å². The lowest BCUT2D eigenvalue weighted by Crippen LogP contribution is -2.49. The fraction of sp³-hybridized carbons (Fsp3) is 0.652. The van der Waals surface area contributed by atoms with Gasteiger partial charge in [0, 0.05) is 32.2 Å². The Morgan fingerprint density at radius 3 is 2.50 bits per heavy atom. The quantitative estimate of drug-likeness (QED) is 0.520. The van der Waals surface area contributed by atoms with E-state index in [1.165, 1.54) is 29.2 Å². The molecule has 2 N–H and O–H groups in total. The number of alkyl carbamates (subject to hydrolysis) is 1. The van der Waals surface area contributed by atoms with Crippen molar-refractivity contribution in [3.05, 3.63) is 24.3 Å². The van der Waals surface area contributed by atoms with Crippen molar-refractivity contribution in [1.29, 1.82) is 0 Å². The molecule has 3 rings (SSSR count). The summed E-state index contributed by atoms with van der Waals surface area (Å²) in [4.78, 5) is 27.0. The maximum Gasteiger partial charge on any atom is 0.573 e. The van der Waals surface area contributed by atoms with E-state index in [2.05, 4.69) is 15.4 Å². The average molecular weight is 488 g/mol. The van der Waals surface area contributed by atoms with Crippen molar-refractivity contribution in [3.63, 3.8) is 0 Å². The van der Waals surface area contributed by atoms with Crippen LogP contribution in [-0.4, -0.2) is 68.8 Å². The summed E-state index contributed by atoms with van der Waals surface area (Å²) in [5.74, 6) is -0.127. The van der Waals surface area contributed by atoms with Crippen molar-refractivity contribution in [2.24, 2.45) is 5.92 Å². The largest absolute Gasteiger partial charge is 0.573 e. The molecule has 0 unspecified atom stereocenters. The van der Waals surface area contributed by atoms with Crippen LogP contribution in [0.1, 0.15) is 38.5 Å². The highest BCUT2D eigenvalue weighted by Gasteiger charge is 2.31. The monoisotopic (exact) mass is 487 g/mol. The highest BCUT2D eigenvalue weighted by Crippen LogP contribution is 2.29. The van der Waals surface area contributed by atoms with Gasteiger partial charge in [-0.2, -0.15) is 0 Å². The molecule has 190 valence electrons. The SMILES string of the molecule is CN(CCNc1ccc(OC(F)(F)F)cc1)C(=O)[C@H](CC1CCCC1)NC(=O)O[C@H]1CCOC1. The number of nitrogens with one attached hydrogen (secondary N) is 2. The van der Waals surface area contributed by atoms with E-state index in [4.69, 9.17) is 9.47 Å². The van der Waals surface area contributed by atoms with Crippen molar-refractivity contribution in [3.8, 4) is 5.75 Å². The smallest absolute Gasteiger partial charge is 0.444 e. The first kappa shape index (κ1) is 25.9. The van der Waals surface area contributed by atoms with Gasteiger partial charge in [-0.1, -0.05) is 25.7 Å². The fourth-order valence-electron chi connectivity index (χ4n) is 4.25. The van der Waals surface area contributed by atoms with E-state index in [0.717, 1.165) is 25.7 Å². The number of alkyl halides is 3. The number of carbonyl (C=O) groups is 2. The zero-order chi connectivity index (χ0) is 24.6. The molecule has 1 aliphatic heterocycles. The van der Waals surface area contributed by atoms with Gasteiger partial charge in [-0.15, -0.1) is 13.2 Å². The Kier molecular flexibility index (Phi) is 9.26. The van der Waals surface area contributed by atoms with Crippen LogP contribution in [0.2, 0.25) is 0 Å². The molecule has 1 saturated carbocycles. The number of halogens is 3. The summed E-state index contributed by atoms with van der Waals surface area (Å²) in [7, 11) is 1.66. The lowest BCUT2D eigenvalue weighted by atomic mass is 9.97. The van der Waals surface area contributed by atoms with Gasteiger partial charge in [0.2, 0.25) is 5.91 Å². The number of anilines is 1. The minimum Gasteiger partial charge on any atom is -0.444 e. The van der Waals surface area contributed by atoms with Crippen LogP contribution in [0.15, 0.2) is 24.3 Å². The molecule has 8 nitrogen and oxygen atoms in total. The summed E-state index contributed by atoms with van der Waals surface area (Å²) >= 11 is 0. The molecule has 1 aromatic rings. The molecule has 0 radical (unpaired) electrons. The van der Waals surface area contributed by atoms with Crippen LogP contribution in [0.25, 0.3) is 0 Å². The topological polar surface area (TPSA) is 89.1 Å². The second-order valence-electron chi connectivity index (χ2n) is 8.73. The highest BCUT2D eigenvalue weighted by atomic mass is 19.4. The zero-order valence-electron chi connectivity index (χ0n) is 19.2. The average Bonchev–Trinajstić information content (AvgIpc) is 3.47. The first-order chi connectivity index (χ1) is 16.2. The Morgan fingerprint density at radius 2 is 1.88 bits per heavy atom. The molecule has 0 aromatic heterocycles. The molecule has 2 aliphatic rings. The van der Waals surface area contributed by atoms with Gasteiger partial charge < -0.3 is 29.7 Å². The summed E-state index contributed by atoms with van der Waals surface area (Å²) < 4.78 is 51.3. The van der Waals surface area contributed by atoms with Crippen molar-refractivity contribution in [1.82, 2.24) is 10.2 Å². The second kappa shape index (κ2) is 12.1. The van der Waals surface area contributed by atoms with Gasteiger partial charge in [0.05, 0.1) is 13.2 Å². The highest BCUT2D eigenvalue weighted by molar-refractivity contribution is 5.85. The summed E-state index contributed by atoms with van der Waals surface area (Å²) in [6, 6.07) is 4.69. The first-order valence-electron chi connectivity index (χ1n) is 11.6.